The van der Waals surface area contributed by atoms with E-state index < -0.39 is 5.97 Å². The van der Waals surface area contributed by atoms with Crippen LogP contribution < -0.4 is 0 Å². The summed E-state index contributed by atoms with van der Waals surface area (Å²) in [6.07, 6.45) is 1.40. The van der Waals surface area contributed by atoms with E-state index in [2.05, 4.69) is 20.9 Å². The number of rotatable bonds is 3. The predicted octanol–water partition coefficient (Wildman–Crippen LogP) is 4.00. The van der Waals surface area contributed by atoms with E-state index in [-0.39, 0.29) is 5.56 Å². The number of pyridine rings is 1. The number of carbonyl (C=O) groups is 1. The maximum atomic E-state index is 11.1. The SMILES string of the molecule is Cc1cc(Sc2ccccc2Br)c(C(=O)O)cn1. The number of nitrogens with zero attached hydrogens (tertiary/aromatic N) is 1. The zero-order valence-corrected chi connectivity index (χ0v) is 12.0. The third-order valence-electron chi connectivity index (χ3n) is 2.29. The molecule has 0 unspecified atom stereocenters. The van der Waals surface area contributed by atoms with Gasteiger partial charge in [-0.15, -0.1) is 0 Å². The molecule has 2 aromatic rings. The highest BCUT2D eigenvalue weighted by Crippen LogP contribution is 2.35. The van der Waals surface area contributed by atoms with Gasteiger partial charge in [-0.2, -0.15) is 0 Å². The van der Waals surface area contributed by atoms with Crippen molar-refractivity contribution in [3.63, 3.8) is 0 Å². The number of hydrogen-bond donors (Lipinski definition) is 1. The maximum Gasteiger partial charge on any atom is 0.338 e. The van der Waals surface area contributed by atoms with Crippen LogP contribution >= 0.6 is 27.7 Å². The van der Waals surface area contributed by atoms with Gasteiger partial charge in [0.25, 0.3) is 0 Å². The highest BCUT2D eigenvalue weighted by molar-refractivity contribution is 9.10. The number of halogens is 1. The summed E-state index contributed by atoms with van der Waals surface area (Å²) in [7, 11) is 0. The second-order valence-electron chi connectivity index (χ2n) is 3.66. The quantitative estimate of drug-likeness (QED) is 0.927. The first-order chi connectivity index (χ1) is 8.58. The molecule has 0 fully saturated rings. The van der Waals surface area contributed by atoms with Gasteiger partial charge in [-0.25, -0.2) is 4.79 Å². The molecule has 0 saturated heterocycles. The molecule has 92 valence electrons. The third-order valence-corrected chi connectivity index (χ3v) is 4.38. The van der Waals surface area contributed by atoms with Crippen LogP contribution in [0.3, 0.4) is 0 Å². The summed E-state index contributed by atoms with van der Waals surface area (Å²) >= 11 is 4.87. The maximum absolute atomic E-state index is 11.1. The summed E-state index contributed by atoms with van der Waals surface area (Å²) in [5.74, 6) is -0.961. The van der Waals surface area contributed by atoms with Crippen LogP contribution in [0.5, 0.6) is 0 Å². The Labute approximate surface area is 117 Å². The van der Waals surface area contributed by atoms with Crippen LogP contribution in [-0.2, 0) is 0 Å². The Morgan fingerprint density at radius 1 is 1.33 bits per heavy atom. The van der Waals surface area contributed by atoms with Crippen molar-refractivity contribution in [1.82, 2.24) is 4.98 Å². The van der Waals surface area contributed by atoms with Crippen molar-refractivity contribution in [2.75, 3.05) is 0 Å². The summed E-state index contributed by atoms with van der Waals surface area (Å²) in [6, 6.07) is 9.49. The number of benzene rings is 1. The lowest BCUT2D eigenvalue weighted by molar-refractivity contribution is 0.0692. The zero-order chi connectivity index (χ0) is 13.1. The van der Waals surface area contributed by atoms with Crippen molar-refractivity contribution in [3.8, 4) is 0 Å². The Morgan fingerprint density at radius 2 is 2.06 bits per heavy atom. The Hall–Kier alpha value is -1.33. The molecule has 1 aromatic heterocycles. The Kier molecular flexibility index (Phi) is 4.04. The molecule has 1 N–H and O–H groups in total. The van der Waals surface area contributed by atoms with E-state index in [1.165, 1.54) is 18.0 Å². The summed E-state index contributed by atoms with van der Waals surface area (Å²) in [5.41, 5.74) is 1.02. The normalized spacial score (nSPS) is 10.3. The fourth-order valence-corrected chi connectivity index (χ4v) is 2.98. The number of hydrogen-bond acceptors (Lipinski definition) is 3. The minimum Gasteiger partial charge on any atom is -0.478 e. The molecular formula is C13H10BrNO2S. The molecule has 3 nitrogen and oxygen atoms in total. The molecule has 0 spiro atoms. The van der Waals surface area contributed by atoms with Crippen LogP contribution in [0.15, 0.2) is 50.8 Å². The molecule has 0 aliphatic rings. The van der Waals surface area contributed by atoms with Gasteiger partial charge in [0, 0.05) is 26.2 Å². The summed E-state index contributed by atoms with van der Waals surface area (Å²) in [5, 5.41) is 9.14. The molecule has 0 bridgehead atoms. The Morgan fingerprint density at radius 3 is 2.72 bits per heavy atom. The lowest BCUT2D eigenvalue weighted by Gasteiger charge is -2.07. The van der Waals surface area contributed by atoms with Gasteiger partial charge in [-0.05, 0) is 41.1 Å². The minimum absolute atomic E-state index is 0.223. The van der Waals surface area contributed by atoms with Gasteiger partial charge < -0.3 is 5.11 Å². The molecule has 0 radical (unpaired) electrons. The lowest BCUT2D eigenvalue weighted by atomic mass is 10.2. The van der Waals surface area contributed by atoms with Gasteiger partial charge in [-0.3, -0.25) is 4.98 Å². The van der Waals surface area contributed by atoms with E-state index in [4.69, 9.17) is 5.11 Å². The van der Waals surface area contributed by atoms with E-state index in [0.717, 1.165) is 15.1 Å². The molecule has 1 heterocycles. The minimum atomic E-state index is -0.961. The van der Waals surface area contributed by atoms with Crippen molar-refractivity contribution in [2.24, 2.45) is 0 Å². The number of aryl methyl sites for hydroxylation is 1. The Balaban J connectivity index is 2.42. The molecule has 18 heavy (non-hydrogen) atoms. The first-order valence-electron chi connectivity index (χ1n) is 5.20. The standard InChI is InChI=1S/C13H10BrNO2S/c1-8-6-12(9(7-15-8)13(16)17)18-11-5-3-2-4-10(11)14/h2-7H,1H3,(H,16,17). The van der Waals surface area contributed by atoms with Crippen LogP contribution in [-0.4, -0.2) is 16.1 Å². The van der Waals surface area contributed by atoms with Crippen LogP contribution in [0.25, 0.3) is 0 Å². The topological polar surface area (TPSA) is 50.2 Å². The van der Waals surface area contributed by atoms with Crippen molar-refractivity contribution >= 4 is 33.7 Å². The van der Waals surface area contributed by atoms with Gasteiger partial charge in [0.2, 0.25) is 0 Å². The molecular weight excluding hydrogens is 314 g/mol. The second-order valence-corrected chi connectivity index (χ2v) is 5.60. The van der Waals surface area contributed by atoms with Gasteiger partial charge in [0.15, 0.2) is 0 Å². The summed E-state index contributed by atoms with van der Waals surface area (Å²) in [6.45, 7) is 1.84. The number of carboxylic acid groups (broad SMARTS) is 1. The second kappa shape index (κ2) is 5.54. The summed E-state index contributed by atoms with van der Waals surface area (Å²) < 4.78 is 0.945. The van der Waals surface area contributed by atoms with E-state index in [9.17, 15) is 4.79 Å². The van der Waals surface area contributed by atoms with Gasteiger partial charge in [-0.1, -0.05) is 23.9 Å². The van der Waals surface area contributed by atoms with Gasteiger partial charge >= 0.3 is 5.97 Å². The summed E-state index contributed by atoms with van der Waals surface area (Å²) in [4.78, 5) is 16.8. The van der Waals surface area contributed by atoms with Gasteiger partial charge in [0.1, 0.15) is 0 Å². The average Bonchev–Trinajstić information content (AvgIpc) is 2.32. The largest absolute Gasteiger partial charge is 0.478 e. The van der Waals surface area contributed by atoms with Crippen LogP contribution in [0.1, 0.15) is 16.1 Å². The molecule has 0 aliphatic carbocycles. The third kappa shape index (κ3) is 2.91. The first-order valence-corrected chi connectivity index (χ1v) is 6.81. The Bertz CT molecular complexity index is 601. The molecule has 2 rings (SSSR count). The fourth-order valence-electron chi connectivity index (χ4n) is 1.43. The highest BCUT2D eigenvalue weighted by atomic mass is 79.9. The van der Waals surface area contributed by atoms with Crippen molar-refractivity contribution in [1.29, 1.82) is 0 Å². The predicted molar refractivity (Wildman–Crippen MR) is 74.2 cm³/mol. The van der Waals surface area contributed by atoms with E-state index >= 15 is 0 Å². The van der Waals surface area contributed by atoms with Crippen LogP contribution in [0, 0.1) is 6.92 Å². The smallest absolute Gasteiger partial charge is 0.338 e. The lowest BCUT2D eigenvalue weighted by Crippen LogP contribution is -2.00. The average molecular weight is 324 g/mol. The van der Waals surface area contributed by atoms with Crippen LogP contribution in [0.2, 0.25) is 0 Å². The van der Waals surface area contributed by atoms with Crippen LogP contribution in [0.4, 0.5) is 0 Å². The molecule has 5 heteroatoms. The number of aromatic nitrogens is 1. The molecule has 1 aromatic carbocycles. The van der Waals surface area contributed by atoms with E-state index in [1.807, 2.05) is 31.2 Å². The van der Waals surface area contributed by atoms with E-state index in [0.29, 0.717) is 4.90 Å². The molecule has 0 amide bonds. The van der Waals surface area contributed by atoms with E-state index in [1.54, 1.807) is 6.07 Å². The zero-order valence-electron chi connectivity index (χ0n) is 9.55. The van der Waals surface area contributed by atoms with Crippen molar-refractivity contribution in [2.45, 2.75) is 16.7 Å². The first kappa shape index (κ1) is 13.1. The molecule has 0 aliphatic heterocycles. The number of aromatic carboxylic acids is 1. The number of carboxylic acids is 1. The fraction of sp³-hybridized carbons (Fsp3) is 0.0769. The molecule has 0 saturated carbocycles. The highest BCUT2D eigenvalue weighted by Gasteiger charge is 2.13. The monoisotopic (exact) mass is 323 g/mol. The van der Waals surface area contributed by atoms with Crippen molar-refractivity contribution in [3.05, 3.63) is 52.3 Å². The van der Waals surface area contributed by atoms with Crippen molar-refractivity contribution < 1.29 is 9.90 Å². The molecule has 0 atom stereocenters. The van der Waals surface area contributed by atoms with Gasteiger partial charge in [0.05, 0.1) is 5.56 Å².